The van der Waals surface area contributed by atoms with E-state index < -0.39 is 5.76 Å². The summed E-state index contributed by atoms with van der Waals surface area (Å²) in [5.41, 5.74) is 0.499. The highest BCUT2D eigenvalue weighted by Crippen LogP contribution is 2.28. The zero-order chi connectivity index (χ0) is 16.8. The van der Waals surface area contributed by atoms with Crippen LogP contribution < -0.4 is 10.1 Å². The summed E-state index contributed by atoms with van der Waals surface area (Å²) in [7, 11) is 0. The SMILES string of the molecule is O=C(COc1ccc(Br)cc1Cl)Nc1ccc(SC(F)F)cc1. The summed E-state index contributed by atoms with van der Waals surface area (Å²) in [6.07, 6.45) is 0. The number of carbonyl (C=O) groups excluding carboxylic acids is 1. The zero-order valence-corrected chi connectivity index (χ0v) is 14.7. The van der Waals surface area contributed by atoms with Crippen LogP contribution >= 0.6 is 39.3 Å². The molecule has 0 heterocycles. The Bertz CT molecular complexity index is 686. The van der Waals surface area contributed by atoms with Gasteiger partial charge in [0.15, 0.2) is 6.61 Å². The van der Waals surface area contributed by atoms with Crippen LogP contribution in [0, 0.1) is 0 Å². The van der Waals surface area contributed by atoms with Crippen molar-refractivity contribution in [2.45, 2.75) is 10.7 Å². The second kappa shape index (κ2) is 8.52. The lowest BCUT2D eigenvalue weighted by Crippen LogP contribution is -2.20. The lowest BCUT2D eigenvalue weighted by molar-refractivity contribution is -0.118. The van der Waals surface area contributed by atoms with Gasteiger partial charge in [-0.2, -0.15) is 8.78 Å². The molecule has 2 aromatic carbocycles. The van der Waals surface area contributed by atoms with Gasteiger partial charge in [-0.3, -0.25) is 4.79 Å². The van der Waals surface area contributed by atoms with Gasteiger partial charge in [-0.15, -0.1) is 0 Å². The van der Waals surface area contributed by atoms with Crippen LogP contribution in [-0.2, 0) is 4.79 Å². The third-order valence-electron chi connectivity index (χ3n) is 2.62. The molecule has 23 heavy (non-hydrogen) atoms. The van der Waals surface area contributed by atoms with Crippen molar-refractivity contribution in [2.75, 3.05) is 11.9 Å². The van der Waals surface area contributed by atoms with Crippen molar-refractivity contribution in [1.82, 2.24) is 0 Å². The van der Waals surface area contributed by atoms with Crippen molar-refractivity contribution in [1.29, 1.82) is 0 Å². The maximum Gasteiger partial charge on any atom is 0.288 e. The first-order valence-electron chi connectivity index (χ1n) is 6.36. The lowest BCUT2D eigenvalue weighted by Gasteiger charge is -2.09. The minimum atomic E-state index is -2.47. The molecule has 0 saturated carbocycles. The fraction of sp³-hybridized carbons (Fsp3) is 0.133. The summed E-state index contributed by atoms with van der Waals surface area (Å²) in [4.78, 5) is 12.2. The molecule has 122 valence electrons. The maximum absolute atomic E-state index is 12.2. The van der Waals surface area contributed by atoms with Gasteiger partial charge < -0.3 is 10.1 Å². The first-order valence-corrected chi connectivity index (χ1v) is 8.41. The minimum Gasteiger partial charge on any atom is -0.482 e. The molecule has 0 atom stereocenters. The molecule has 0 bridgehead atoms. The van der Waals surface area contributed by atoms with Crippen molar-refractivity contribution in [3.63, 3.8) is 0 Å². The third-order valence-corrected chi connectivity index (χ3v) is 4.13. The van der Waals surface area contributed by atoms with E-state index in [1.807, 2.05) is 0 Å². The number of anilines is 1. The van der Waals surface area contributed by atoms with Gasteiger partial charge in [-0.1, -0.05) is 39.3 Å². The van der Waals surface area contributed by atoms with Crippen LogP contribution in [0.15, 0.2) is 51.8 Å². The van der Waals surface area contributed by atoms with Gasteiger partial charge in [-0.05, 0) is 42.5 Å². The van der Waals surface area contributed by atoms with Crippen molar-refractivity contribution < 1.29 is 18.3 Å². The lowest BCUT2D eigenvalue weighted by atomic mass is 10.3. The number of rotatable bonds is 6. The van der Waals surface area contributed by atoms with Crippen LogP contribution in [0.25, 0.3) is 0 Å². The molecule has 1 amide bonds. The average molecular weight is 423 g/mol. The van der Waals surface area contributed by atoms with E-state index in [1.54, 1.807) is 30.3 Å². The molecule has 1 N–H and O–H groups in total. The van der Waals surface area contributed by atoms with Crippen LogP contribution in [0.2, 0.25) is 5.02 Å². The highest BCUT2D eigenvalue weighted by molar-refractivity contribution is 9.10. The Kier molecular flexibility index (Phi) is 6.68. The van der Waals surface area contributed by atoms with Gasteiger partial charge in [0, 0.05) is 15.1 Å². The molecule has 2 aromatic rings. The van der Waals surface area contributed by atoms with E-state index >= 15 is 0 Å². The standard InChI is InChI=1S/C15H11BrClF2NO2S/c16-9-1-6-13(12(17)7-9)22-8-14(21)20-10-2-4-11(5-3-10)23-15(18)19/h1-7,15H,8H2,(H,20,21). The maximum atomic E-state index is 12.2. The Morgan fingerprint density at radius 3 is 2.57 bits per heavy atom. The van der Waals surface area contributed by atoms with Crippen LogP contribution in [0.4, 0.5) is 14.5 Å². The molecule has 8 heteroatoms. The summed E-state index contributed by atoms with van der Waals surface area (Å²) in [6.45, 7) is -0.213. The van der Waals surface area contributed by atoms with Crippen LogP contribution in [0.1, 0.15) is 0 Å². The van der Waals surface area contributed by atoms with Crippen molar-refractivity contribution in [2.24, 2.45) is 0 Å². The number of halogens is 4. The number of benzene rings is 2. The van der Waals surface area contributed by atoms with Crippen LogP contribution in [0.3, 0.4) is 0 Å². The van der Waals surface area contributed by atoms with Crippen molar-refractivity contribution in [3.05, 3.63) is 52.0 Å². The molecule has 0 unspecified atom stereocenters. The number of amides is 1. The summed E-state index contributed by atoms with van der Waals surface area (Å²) in [5, 5.41) is 3.00. The normalized spacial score (nSPS) is 10.7. The highest BCUT2D eigenvalue weighted by atomic mass is 79.9. The number of alkyl halides is 2. The van der Waals surface area contributed by atoms with E-state index in [4.69, 9.17) is 16.3 Å². The number of thioether (sulfide) groups is 1. The molecule has 0 aromatic heterocycles. The van der Waals surface area contributed by atoms with E-state index in [1.165, 1.54) is 12.1 Å². The summed E-state index contributed by atoms with van der Waals surface area (Å²) < 4.78 is 30.6. The number of hydrogen-bond donors (Lipinski definition) is 1. The molecule has 3 nitrogen and oxygen atoms in total. The molecule has 0 aliphatic heterocycles. The predicted octanol–water partition coefficient (Wildman–Crippen LogP) is 5.43. The zero-order valence-electron chi connectivity index (χ0n) is 11.6. The number of hydrogen-bond acceptors (Lipinski definition) is 3. The molecule has 0 saturated heterocycles. The molecular weight excluding hydrogens is 412 g/mol. The number of nitrogens with one attached hydrogen (secondary N) is 1. The minimum absolute atomic E-state index is 0.213. The van der Waals surface area contributed by atoms with Crippen LogP contribution in [0.5, 0.6) is 5.75 Å². The Morgan fingerprint density at radius 2 is 1.96 bits per heavy atom. The van der Waals surface area contributed by atoms with E-state index in [2.05, 4.69) is 21.2 Å². The predicted molar refractivity (Wildman–Crippen MR) is 91.6 cm³/mol. The second-order valence-corrected chi connectivity index (χ2v) is 6.70. The van der Waals surface area contributed by atoms with Gasteiger partial charge in [-0.25, -0.2) is 0 Å². The monoisotopic (exact) mass is 421 g/mol. The van der Waals surface area contributed by atoms with E-state index in [0.29, 0.717) is 33.1 Å². The topological polar surface area (TPSA) is 38.3 Å². The molecule has 0 radical (unpaired) electrons. The molecule has 0 aliphatic carbocycles. The Hall–Kier alpha value is -1.31. The van der Waals surface area contributed by atoms with Crippen molar-refractivity contribution >= 4 is 50.9 Å². The Morgan fingerprint density at radius 1 is 1.26 bits per heavy atom. The Labute approximate surface area is 149 Å². The number of ether oxygens (including phenoxy) is 1. The molecule has 0 fully saturated rings. The van der Waals surface area contributed by atoms with Gasteiger partial charge in [0.05, 0.1) is 5.02 Å². The number of carbonyl (C=O) groups is 1. The molecule has 0 aliphatic rings. The highest BCUT2D eigenvalue weighted by Gasteiger charge is 2.08. The van der Waals surface area contributed by atoms with E-state index in [0.717, 1.165) is 4.47 Å². The fourth-order valence-corrected chi connectivity index (χ4v) is 2.88. The summed E-state index contributed by atoms with van der Waals surface area (Å²) in [6, 6.07) is 11.2. The van der Waals surface area contributed by atoms with Crippen molar-refractivity contribution in [3.8, 4) is 5.75 Å². The summed E-state index contributed by atoms with van der Waals surface area (Å²) in [5.74, 6) is -2.45. The molecular formula is C15H11BrClF2NO2S. The largest absolute Gasteiger partial charge is 0.482 e. The first kappa shape index (κ1) is 18.0. The van der Waals surface area contributed by atoms with E-state index in [-0.39, 0.29) is 12.5 Å². The fourth-order valence-electron chi connectivity index (χ4n) is 1.65. The van der Waals surface area contributed by atoms with Gasteiger partial charge in [0.1, 0.15) is 5.75 Å². The average Bonchev–Trinajstić information content (AvgIpc) is 2.48. The molecule has 2 rings (SSSR count). The first-order chi connectivity index (χ1) is 10.9. The van der Waals surface area contributed by atoms with Gasteiger partial charge in [0.25, 0.3) is 11.7 Å². The summed E-state index contributed by atoms with van der Waals surface area (Å²) >= 11 is 9.70. The van der Waals surface area contributed by atoms with E-state index in [9.17, 15) is 13.6 Å². The van der Waals surface area contributed by atoms with Crippen LogP contribution in [-0.4, -0.2) is 18.3 Å². The smallest absolute Gasteiger partial charge is 0.288 e. The molecule has 0 spiro atoms. The third kappa shape index (κ3) is 6.01. The van der Waals surface area contributed by atoms with Gasteiger partial charge in [0.2, 0.25) is 0 Å². The quantitative estimate of drug-likeness (QED) is 0.630. The van der Waals surface area contributed by atoms with Gasteiger partial charge >= 0.3 is 0 Å². The second-order valence-electron chi connectivity index (χ2n) is 4.31. The Balaban J connectivity index is 1.87.